The standard InChI is InChI=1S/C17H24O5/c1-10(18)6-4-3-5-7-12-8-13-11(2)14(19)9-15(20)16(13)17(21)22-12/h9-10,12,18-20H,3-8H2,1-2H3/t10-,12-/m1/s1. The van der Waals surface area contributed by atoms with Gasteiger partial charge < -0.3 is 20.1 Å². The van der Waals surface area contributed by atoms with Crippen LogP contribution in [-0.2, 0) is 11.2 Å². The molecular formula is C17H24O5. The molecule has 122 valence electrons. The number of ether oxygens (including phenoxy) is 1. The maximum Gasteiger partial charge on any atom is 0.342 e. The zero-order chi connectivity index (χ0) is 16.3. The summed E-state index contributed by atoms with van der Waals surface area (Å²) in [6.45, 7) is 3.52. The second-order valence-electron chi connectivity index (χ2n) is 6.11. The summed E-state index contributed by atoms with van der Waals surface area (Å²) in [6.07, 6.45) is 4.43. The monoisotopic (exact) mass is 308 g/mol. The van der Waals surface area contributed by atoms with Gasteiger partial charge in [0.1, 0.15) is 23.2 Å². The fourth-order valence-electron chi connectivity index (χ4n) is 2.92. The van der Waals surface area contributed by atoms with Gasteiger partial charge in [0.15, 0.2) is 0 Å². The highest BCUT2D eigenvalue weighted by molar-refractivity contribution is 5.96. The second-order valence-corrected chi connectivity index (χ2v) is 6.11. The number of phenolic OH excluding ortho intramolecular Hbond substituents is 2. The molecule has 2 rings (SSSR count). The van der Waals surface area contributed by atoms with Gasteiger partial charge in [-0.25, -0.2) is 4.79 Å². The van der Waals surface area contributed by atoms with Crippen molar-refractivity contribution in [2.45, 2.75) is 64.6 Å². The van der Waals surface area contributed by atoms with Crippen LogP contribution in [0.5, 0.6) is 11.5 Å². The van der Waals surface area contributed by atoms with E-state index in [0.29, 0.717) is 17.5 Å². The number of rotatable bonds is 6. The Bertz CT molecular complexity index is 550. The molecule has 22 heavy (non-hydrogen) atoms. The van der Waals surface area contributed by atoms with Gasteiger partial charge >= 0.3 is 5.97 Å². The highest BCUT2D eigenvalue weighted by atomic mass is 16.5. The van der Waals surface area contributed by atoms with E-state index >= 15 is 0 Å². The third kappa shape index (κ3) is 3.71. The minimum Gasteiger partial charge on any atom is -0.508 e. The van der Waals surface area contributed by atoms with Gasteiger partial charge in [-0.2, -0.15) is 0 Å². The number of esters is 1. The summed E-state index contributed by atoms with van der Waals surface area (Å²) in [5.74, 6) is -0.740. The number of carbonyl (C=O) groups excluding carboxylic acids is 1. The van der Waals surface area contributed by atoms with E-state index in [1.54, 1.807) is 13.8 Å². The molecular weight excluding hydrogens is 284 g/mol. The first-order valence-electron chi connectivity index (χ1n) is 7.83. The van der Waals surface area contributed by atoms with Gasteiger partial charge in [-0.3, -0.25) is 0 Å². The highest BCUT2D eigenvalue weighted by Crippen LogP contribution is 2.36. The van der Waals surface area contributed by atoms with Gasteiger partial charge in [0.05, 0.1) is 6.10 Å². The van der Waals surface area contributed by atoms with Crippen LogP contribution in [0.25, 0.3) is 0 Å². The zero-order valence-electron chi connectivity index (χ0n) is 13.1. The lowest BCUT2D eigenvalue weighted by atomic mass is 9.91. The van der Waals surface area contributed by atoms with Crippen LogP contribution in [-0.4, -0.2) is 33.5 Å². The molecule has 1 heterocycles. The SMILES string of the molecule is Cc1c(O)cc(O)c2c1C[C@@H](CCCCC[C@@H](C)O)OC2=O. The van der Waals surface area contributed by atoms with Gasteiger partial charge in [0, 0.05) is 12.5 Å². The summed E-state index contributed by atoms with van der Waals surface area (Å²) in [6, 6.07) is 1.19. The fourth-order valence-corrected chi connectivity index (χ4v) is 2.92. The molecule has 1 aromatic rings. The third-order valence-electron chi connectivity index (χ3n) is 4.23. The number of cyclic esters (lactones) is 1. The Morgan fingerprint density at radius 2 is 2.00 bits per heavy atom. The number of aromatic hydroxyl groups is 2. The molecule has 0 aromatic heterocycles. The Morgan fingerprint density at radius 1 is 1.27 bits per heavy atom. The Hall–Kier alpha value is -1.75. The molecule has 0 unspecified atom stereocenters. The summed E-state index contributed by atoms with van der Waals surface area (Å²) in [7, 11) is 0. The van der Waals surface area contributed by atoms with Crippen LogP contribution in [0.1, 0.15) is 60.5 Å². The molecule has 5 nitrogen and oxygen atoms in total. The van der Waals surface area contributed by atoms with E-state index in [9.17, 15) is 20.1 Å². The number of unbranched alkanes of at least 4 members (excludes halogenated alkanes) is 2. The van der Waals surface area contributed by atoms with E-state index < -0.39 is 5.97 Å². The van der Waals surface area contributed by atoms with Gasteiger partial charge in [0.2, 0.25) is 0 Å². The minimum atomic E-state index is -0.518. The first kappa shape index (κ1) is 16.6. The van der Waals surface area contributed by atoms with E-state index in [4.69, 9.17) is 4.74 Å². The highest BCUT2D eigenvalue weighted by Gasteiger charge is 2.31. The molecule has 3 N–H and O–H groups in total. The van der Waals surface area contributed by atoms with Crippen molar-refractivity contribution in [3.05, 3.63) is 22.8 Å². The van der Waals surface area contributed by atoms with Crippen molar-refractivity contribution < 1.29 is 24.9 Å². The van der Waals surface area contributed by atoms with E-state index in [-0.39, 0.29) is 29.3 Å². The van der Waals surface area contributed by atoms with Gasteiger partial charge in [-0.15, -0.1) is 0 Å². The maximum absolute atomic E-state index is 12.1. The Kier molecular flexibility index (Phi) is 5.29. The van der Waals surface area contributed by atoms with Crippen molar-refractivity contribution in [1.82, 2.24) is 0 Å². The zero-order valence-corrected chi connectivity index (χ0v) is 13.1. The molecule has 1 aromatic carbocycles. The summed E-state index contributed by atoms with van der Waals surface area (Å²) < 4.78 is 5.39. The van der Waals surface area contributed by atoms with Crippen LogP contribution in [0.4, 0.5) is 0 Å². The van der Waals surface area contributed by atoms with Crippen molar-refractivity contribution in [3.8, 4) is 11.5 Å². The molecule has 0 saturated carbocycles. The predicted octanol–water partition coefficient (Wildman–Crippen LogP) is 2.82. The summed E-state index contributed by atoms with van der Waals surface area (Å²) >= 11 is 0. The van der Waals surface area contributed by atoms with Gasteiger partial charge in [-0.1, -0.05) is 12.8 Å². The number of benzene rings is 1. The molecule has 5 heteroatoms. The Labute approximate surface area is 130 Å². The normalized spacial score (nSPS) is 18.7. The number of fused-ring (bicyclic) bond motifs is 1. The van der Waals surface area contributed by atoms with Crippen molar-refractivity contribution in [2.24, 2.45) is 0 Å². The third-order valence-corrected chi connectivity index (χ3v) is 4.23. The van der Waals surface area contributed by atoms with Crippen LogP contribution in [0, 0.1) is 6.92 Å². The molecule has 2 atom stereocenters. The Morgan fingerprint density at radius 3 is 2.68 bits per heavy atom. The van der Waals surface area contributed by atoms with Gasteiger partial charge in [-0.05, 0) is 44.2 Å². The van der Waals surface area contributed by atoms with Crippen LogP contribution in [0.3, 0.4) is 0 Å². The first-order valence-corrected chi connectivity index (χ1v) is 7.83. The summed E-state index contributed by atoms with van der Waals surface area (Å²) in [4.78, 5) is 12.1. The lowest BCUT2D eigenvalue weighted by Crippen LogP contribution is -2.28. The molecule has 0 aliphatic carbocycles. The first-order chi connectivity index (χ1) is 10.4. The number of phenols is 2. The van der Waals surface area contributed by atoms with Gasteiger partial charge in [0.25, 0.3) is 0 Å². The van der Waals surface area contributed by atoms with Crippen molar-refractivity contribution in [3.63, 3.8) is 0 Å². The minimum absolute atomic E-state index is 0.00151. The van der Waals surface area contributed by atoms with Crippen LogP contribution in [0.15, 0.2) is 6.07 Å². The summed E-state index contributed by atoms with van der Waals surface area (Å²) in [5.41, 5.74) is 1.49. The fraction of sp³-hybridized carbons (Fsp3) is 0.588. The number of aliphatic hydroxyl groups is 1. The molecule has 1 aliphatic rings. The largest absolute Gasteiger partial charge is 0.508 e. The lowest BCUT2D eigenvalue weighted by molar-refractivity contribution is 0.0226. The molecule has 0 spiro atoms. The van der Waals surface area contributed by atoms with E-state index in [0.717, 1.165) is 32.1 Å². The van der Waals surface area contributed by atoms with Crippen molar-refractivity contribution in [2.75, 3.05) is 0 Å². The average molecular weight is 308 g/mol. The lowest BCUT2D eigenvalue weighted by Gasteiger charge is -2.26. The number of hydrogen-bond acceptors (Lipinski definition) is 5. The van der Waals surface area contributed by atoms with Crippen molar-refractivity contribution >= 4 is 5.97 Å². The summed E-state index contributed by atoms with van der Waals surface area (Å²) in [5, 5.41) is 28.8. The van der Waals surface area contributed by atoms with E-state index in [2.05, 4.69) is 0 Å². The molecule has 0 saturated heterocycles. The van der Waals surface area contributed by atoms with Crippen molar-refractivity contribution in [1.29, 1.82) is 0 Å². The molecule has 0 radical (unpaired) electrons. The quantitative estimate of drug-likeness (QED) is 0.555. The average Bonchev–Trinajstić information content (AvgIpc) is 2.43. The molecule has 0 fully saturated rings. The van der Waals surface area contributed by atoms with E-state index in [1.165, 1.54) is 6.07 Å². The molecule has 0 bridgehead atoms. The van der Waals surface area contributed by atoms with Crippen LogP contribution in [0.2, 0.25) is 0 Å². The predicted molar refractivity (Wildman–Crippen MR) is 82.2 cm³/mol. The Balaban J connectivity index is 1.98. The molecule has 1 aliphatic heterocycles. The number of aliphatic hydroxyl groups excluding tert-OH is 1. The molecule has 0 amide bonds. The second kappa shape index (κ2) is 7.01. The number of carbonyl (C=O) groups is 1. The smallest absolute Gasteiger partial charge is 0.342 e. The van der Waals surface area contributed by atoms with Crippen LogP contribution >= 0.6 is 0 Å². The van der Waals surface area contributed by atoms with E-state index in [1.807, 2.05) is 0 Å². The number of hydrogen-bond donors (Lipinski definition) is 3. The topological polar surface area (TPSA) is 87.0 Å². The maximum atomic E-state index is 12.1. The van der Waals surface area contributed by atoms with Crippen LogP contribution < -0.4 is 0 Å².